The van der Waals surface area contributed by atoms with E-state index in [2.05, 4.69) is 75.4 Å². The van der Waals surface area contributed by atoms with Gasteiger partial charge in [0.2, 0.25) is 0 Å². The van der Waals surface area contributed by atoms with Crippen LogP contribution in [0, 0.1) is 0 Å². The van der Waals surface area contributed by atoms with Gasteiger partial charge in [-0.15, -0.1) is 24.0 Å². The second-order valence-electron chi connectivity index (χ2n) is 8.43. The molecule has 2 heterocycles. The maximum Gasteiger partial charge on any atom is 0.191 e. The Morgan fingerprint density at radius 2 is 1.77 bits per heavy atom. The summed E-state index contributed by atoms with van der Waals surface area (Å²) in [5.41, 5.74) is 2.65. The van der Waals surface area contributed by atoms with Crippen molar-refractivity contribution in [3.8, 4) is 0 Å². The molecule has 0 spiro atoms. The summed E-state index contributed by atoms with van der Waals surface area (Å²) in [6, 6.07) is 9.66. The van der Waals surface area contributed by atoms with E-state index in [9.17, 15) is 0 Å². The van der Waals surface area contributed by atoms with Crippen molar-refractivity contribution in [2.24, 2.45) is 4.99 Å². The lowest BCUT2D eigenvalue weighted by Crippen LogP contribution is -2.53. The van der Waals surface area contributed by atoms with Crippen LogP contribution in [-0.4, -0.2) is 81.2 Å². The van der Waals surface area contributed by atoms with Crippen LogP contribution in [0.1, 0.15) is 45.2 Å². The molecular weight excluding hydrogens is 487 g/mol. The minimum atomic E-state index is 0. The van der Waals surface area contributed by atoms with Gasteiger partial charge >= 0.3 is 0 Å². The van der Waals surface area contributed by atoms with Gasteiger partial charge in [0.15, 0.2) is 5.96 Å². The highest BCUT2D eigenvalue weighted by Crippen LogP contribution is 2.23. The standard InChI is InChI=1S/C23H40N6.HI/c1-5-27-13-15-28(16-14-27)19(2)18-25-23(24-4)26-20(3)21-9-8-10-22(17-21)29-11-6-7-12-29;/h8-10,17,19-20H,5-7,11-16,18H2,1-4H3,(H2,24,25,26);1H. The second-order valence-corrected chi connectivity index (χ2v) is 8.43. The molecule has 2 aliphatic heterocycles. The molecule has 1 aromatic carbocycles. The SMILES string of the molecule is CCN1CCN(C(C)CNC(=NC)NC(C)c2cccc(N3CCCC3)c2)CC1.I. The van der Waals surface area contributed by atoms with Crippen molar-refractivity contribution >= 4 is 35.6 Å². The number of piperazine rings is 1. The summed E-state index contributed by atoms with van der Waals surface area (Å²) < 4.78 is 0. The Morgan fingerprint density at radius 3 is 2.40 bits per heavy atom. The van der Waals surface area contributed by atoms with E-state index in [0.29, 0.717) is 6.04 Å². The maximum atomic E-state index is 4.45. The lowest BCUT2D eigenvalue weighted by molar-refractivity contribution is 0.107. The average molecular weight is 529 g/mol. The van der Waals surface area contributed by atoms with Gasteiger partial charge in [0.1, 0.15) is 0 Å². The molecule has 2 aliphatic rings. The quantitative estimate of drug-likeness (QED) is 0.324. The Kier molecular flexibility index (Phi) is 10.7. The largest absolute Gasteiger partial charge is 0.372 e. The number of likely N-dealkylation sites (N-methyl/N-ethyl adjacent to an activating group) is 1. The molecule has 3 rings (SSSR count). The summed E-state index contributed by atoms with van der Waals surface area (Å²) in [5, 5.41) is 7.10. The van der Waals surface area contributed by atoms with Crippen molar-refractivity contribution in [2.75, 3.05) is 64.3 Å². The highest BCUT2D eigenvalue weighted by molar-refractivity contribution is 14.0. The molecule has 0 saturated carbocycles. The van der Waals surface area contributed by atoms with Gasteiger partial charge in [-0.05, 0) is 50.9 Å². The van der Waals surface area contributed by atoms with Gasteiger partial charge in [-0.25, -0.2) is 0 Å². The molecule has 7 heteroatoms. The Morgan fingerprint density at radius 1 is 1.07 bits per heavy atom. The number of nitrogens with one attached hydrogen (secondary N) is 2. The molecule has 0 amide bonds. The molecule has 2 unspecified atom stereocenters. The Labute approximate surface area is 200 Å². The van der Waals surface area contributed by atoms with E-state index in [4.69, 9.17) is 0 Å². The van der Waals surface area contributed by atoms with Crippen molar-refractivity contribution in [3.63, 3.8) is 0 Å². The molecule has 0 bridgehead atoms. The number of guanidine groups is 1. The van der Waals surface area contributed by atoms with Crippen molar-refractivity contribution in [2.45, 2.75) is 45.7 Å². The van der Waals surface area contributed by atoms with Crippen LogP contribution in [0.5, 0.6) is 0 Å². The zero-order valence-corrected chi connectivity index (χ0v) is 21.6. The molecule has 2 fully saturated rings. The predicted octanol–water partition coefficient (Wildman–Crippen LogP) is 3.16. The predicted molar refractivity (Wildman–Crippen MR) is 139 cm³/mol. The molecule has 1 aromatic rings. The monoisotopic (exact) mass is 528 g/mol. The molecule has 6 nitrogen and oxygen atoms in total. The number of hydrogen-bond donors (Lipinski definition) is 2. The fourth-order valence-electron chi connectivity index (χ4n) is 4.34. The van der Waals surface area contributed by atoms with E-state index in [1.165, 1.54) is 50.3 Å². The number of anilines is 1. The second kappa shape index (κ2) is 12.7. The Bertz CT molecular complexity index is 653. The first kappa shape index (κ1) is 25.2. The van der Waals surface area contributed by atoms with E-state index in [1.54, 1.807) is 0 Å². The molecule has 2 saturated heterocycles. The van der Waals surface area contributed by atoms with Gasteiger partial charge in [0.25, 0.3) is 0 Å². The van der Waals surface area contributed by atoms with Gasteiger partial charge in [0.05, 0.1) is 6.04 Å². The van der Waals surface area contributed by atoms with Gasteiger partial charge in [-0.2, -0.15) is 0 Å². The lowest BCUT2D eigenvalue weighted by atomic mass is 10.1. The molecule has 170 valence electrons. The molecule has 0 aliphatic carbocycles. The fraction of sp³-hybridized carbons (Fsp3) is 0.696. The molecule has 0 aromatic heterocycles. The first-order valence-corrected chi connectivity index (χ1v) is 11.4. The minimum Gasteiger partial charge on any atom is -0.372 e. The van der Waals surface area contributed by atoms with Crippen LogP contribution in [0.25, 0.3) is 0 Å². The van der Waals surface area contributed by atoms with Crippen LogP contribution in [0.4, 0.5) is 5.69 Å². The molecular formula is C23H41IN6. The van der Waals surface area contributed by atoms with Crippen LogP contribution in [0.2, 0.25) is 0 Å². The lowest BCUT2D eigenvalue weighted by Gasteiger charge is -2.37. The van der Waals surface area contributed by atoms with Gasteiger partial charge in [-0.3, -0.25) is 9.89 Å². The van der Waals surface area contributed by atoms with Crippen LogP contribution in [0.3, 0.4) is 0 Å². The third-order valence-electron chi connectivity index (χ3n) is 6.46. The van der Waals surface area contributed by atoms with E-state index in [-0.39, 0.29) is 30.0 Å². The number of hydrogen-bond acceptors (Lipinski definition) is 4. The zero-order chi connectivity index (χ0) is 20.6. The normalized spacial score (nSPS) is 20.5. The summed E-state index contributed by atoms with van der Waals surface area (Å²) in [7, 11) is 1.85. The highest BCUT2D eigenvalue weighted by atomic mass is 127. The van der Waals surface area contributed by atoms with Crippen molar-refractivity contribution in [1.82, 2.24) is 20.4 Å². The molecule has 2 N–H and O–H groups in total. The maximum absolute atomic E-state index is 4.45. The van der Waals surface area contributed by atoms with Crippen LogP contribution in [0.15, 0.2) is 29.3 Å². The summed E-state index contributed by atoms with van der Waals surface area (Å²) in [5.74, 6) is 0.878. The van der Waals surface area contributed by atoms with E-state index in [0.717, 1.165) is 32.1 Å². The summed E-state index contributed by atoms with van der Waals surface area (Å²) in [6.45, 7) is 15.9. The van der Waals surface area contributed by atoms with Crippen molar-refractivity contribution in [1.29, 1.82) is 0 Å². The van der Waals surface area contributed by atoms with Crippen molar-refractivity contribution in [3.05, 3.63) is 29.8 Å². The molecule has 0 radical (unpaired) electrons. The number of aliphatic imine (C=N–C) groups is 1. The van der Waals surface area contributed by atoms with E-state index in [1.807, 2.05) is 7.05 Å². The van der Waals surface area contributed by atoms with Crippen LogP contribution >= 0.6 is 24.0 Å². The first-order valence-electron chi connectivity index (χ1n) is 11.4. The number of halogens is 1. The molecule has 30 heavy (non-hydrogen) atoms. The topological polar surface area (TPSA) is 46.1 Å². The number of benzene rings is 1. The summed E-state index contributed by atoms with van der Waals surface area (Å²) >= 11 is 0. The third kappa shape index (κ3) is 6.99. The van der Waals surface area contributed by atoms with E-state index < -0.39 is 0 Å². The van der Waals surface area contributed by atoms with Gasteiger partial charge in [-0.1, -0.05) is 19.1 Å². The van der Waals surface area contributed by atoms with Crippen molar-refractivity contribution < 1.29 is 0 Å². The van der Waals surface area contributed by atoms with Crippen LogP contribution in [-0.2, 0) is 0 Å². The zero-order valence-electron chi connectivity index (χ0n) is 19.2. The first-order chi connectivity index (χ1) is 14.1. The summed E-state index contributed by atoms with van der Waals surface area (Å²) in [4.78, 5) is 12.0. The average Bonchev–Trinajstić information content (AvgIpc) is 3.31. The summed E-state index contributed by atoms with van der Waals surface area (Å²) in [6.07, 6.45) is 2.61. The smallest absolute Gasteiger partial charge is 0.191 e. The number of nitrogens with zero attached hydrogens (tertiary/aromatic N) is 4. The third-order valence-corrected chi connectivity index (χ3v) is 6.46. The fourth-order valence-corrected chi connectivity index (χ4v) is 4.34. The van der Waals surface area contributed by atoms with Gasteiger partial charge in [0, 0.05) is 64.6 Å². The number of rotatable bonds is 7. The van der Waals surface area contributed by atoms with E-state index >= 15 is 0 Å². The highest BCUT2D eigenvalue weighted by Gasteiger charge is 2.20. The Balaban J connectivity index is 0.00000320. The minimum absolute atomic E-state index is 0. The van der Waals surface area contributed by atoms with Crippen LogP contribution < -0.4 is 15.5 Å². The Hall–Kier alpha value is -1.06. The van der Waals surface area contributed by atoms with Gasteiger partial charge < -0.3 is 20.4 Å². The molecule has 2 atom stereocenters.